The van der Waals surface area contributed by atoms with E-state index in [9.17, 15) is 4.79 Å². The number of anilines is 1. The van der Waals surface area contributed by atoms with Crippen molar-refractivity contribution in [2.24, 2.45) is 0 Å². The highest BCUT2D eigenvalue weighted by Crippen LogP contribution is 2.15. The summed E-state index contributed by atoms with van der Waals surface area (Å²) in [5.41, 5.74) is 2.26. The molecule has 0 aliphatic heterocycles. The van der Waals surface area contributed by atoms with Gasteiger partial charge >= 0.3 is 0 Å². The summed E-state index contributed by atoms with van der Waals surface area (Å²) < 4.78 is 0. The number of aromatic nitrogens is 1. The number of carbonyl (C=O) groups is 1. The van der Waals surface area contributed by atoms with Crippen molar-refractivity contribution in [3.8, 4) is 0 Å². The van der Waals surface area contributed by atoms with Gasteiger partial charge in [-0.25, -0.2) is 4.98 Å². The van der Waals surface area contributed by atoms with Crippen LogP contribution < -0.4 is 10.6 Å². The van der Waals surface area contributed by atoms with Crippen molar-refractivity contribution in [2.75, 3.05) is 12.4 Å². The summed E-state index contributed by atoms with van der Waals surface area (Å²) in [5.74, 6) is 0.528. The van der Waals surface area contributed by atoms with Gasteiger partial charge in [0.15, 0.2) is 0 Å². The van der Waals surface area contributed by atoms with Crippen LogP contribution in [0.5, 0.6) is 0 Å². The standard InChI is InChI=1S/C15H16ClN3O/c1-10-7-12(8-14(17-2)19-10)15(20)18-9-11-5-3-4-6-13(11)16/h3-8H,9H2,1-2H3,(H,17,19)(H,18,20). The fourth-order valence-electron chi connectivity index (χ4n) is 1.85. The smallest absolute Gasteiger partial charge is 0.251 e. The molecule has 0 fully saturated rings. The Balaban J connectivity index is 2.09. The third kappa shape index (κ3) is 3.48. The molecule has 1 aromatic heterocycles. The van der Waals surface area contributed by atoms with Gasteiger partial charge in [-0.3, -0.25) is 4.79 Å². The molecule has 0 bridgehead atoms. The molecule has 104 valence electrons. The summed E-state index contributed by atoms with van der Waals surface area (Å²) in [4.78, 5) is 16.4. The number of halogens is 1. The Morgan fingerprint density at radius 2 is 2.05 bits per heavy atom. The number of nitrogens with zero attached hydrogens (tertiary/aromatic N) is 1. The van der Waals surface area contributed by atoms with Crippen molar-refractivity contribution in [3.63, 3.8) is 0 Å². The van der Waals surface area contributed by atoms with E-state index in [2.05, 4.69) is 15.6 Å². The maximum Gasteiger partial charge on any atom is 0.251 e. The molecule has 0 aliphatic carbocycles. The van der Waals surface area contributed by atoms with E-state index >= 15 is 0 Å². The molecule has 2 aromatic rings. The van der Waals surface area contributed by atoms with Crippen molar-refractivity contribution in [1.82, 2.24) is 10.3 Å². The van der Waals surface area contributed by atoms with Crippen LogP contribution in [0.25, 0.3) is 0 Å². The first-order valence-electron chi connectivity index (χ1n) is 6.28. The molecule has 0 saturated heterocycles. The predicted molar refractivity (Wildman–Crippen MR) is 81.1 cm³/mol. The van der Waals surface area contributed by atoms with Gasteiger partial charge in [-0.2, -0.15) is 0 Å². The summed E-state index contributed by atoms with van der Waals surface area (Å²) in [5, 5.41) is 6.44. The quantitative estimate of drug-likeness (QED) is 0.910. The number of pyridine rings is 1. The molecule has 0 radical (unpaired) electrons. The molecule has 1 amide bonds. The molecular weight excluding hydrogens is 274 g/mol. The molecule has 4 nitrogen and oxygen atoms in total. The van der Waals surface area contributed by atoms with E-state index < -0.39 is 0 Å². The van der Waals surface area contributed by atoms with Crippen LogP contribution >= 0.6 is 11.6 Å². The maximum absolute atomic E-state index is 12.1. The third-order valence-electron chi connectivity index (χ3n) is 2.87. The Labute approximate surface area is 123 Å². The lowest BCUT2D eigenvalue weighted by atomic mass is 10.2. The summed E-state index contributed by atoms with van der Waals surface area (Å²) in [6.45, 7) is 2.25. The van der Waals surface area contributed by atoms with Crippen LogP contribution in [-0.4, -0.2) is 17.9 Å². The minimum Gasteiger partial charge on any atom is -0.373 e. The molecule has 0 atom stereocenters. The van der Waals surface area contributed by atoms with Gasteiger partial charge in [0.05, 0.1) is 0 Å². The monoisotopic (exact) mass is 289 g/mol. The fourth-order valence-corrected chi connectivity index (χ4v) is 2.05. The van der Waals surface area contributed by atoms with Crippen molar-refractivity contribution in [3.05, 3.63) is 58.2 Å². The second-order valence-corrected chi connectivity index (χ2v) is 4.81. The van der Waals surface area contributed by atoms with E-state index in [0.717, 1.165) is 11.3 Å². The van der Waals surface area contributed by atoms with Crippen LogP contribution in [0.1, 0.15) is 21.6 Å². The second-order valence-electron chi connectivity index (χ2n) is 4.41. The number of amides is 1. The van der Waals surface area contributed by atoms with Crippen LogP contribution in [-0.2, 0) is 6.54 Å². The average molecular weight is 290 g/mol. The van der Waals surface area contributed by atoms with Crippen LogP contribution in [0.2, 0.25) is 5.02 Å². The second kappa shape index (κ2) is 6.39. The predicted octanol–water partition coefficient (Wildman–Crippen LogP) is 3.02. The minimum absolute atomic E-state index is 0.146. The number of rotatable bonds is 4. The van der Waals surface area contributed by atoms with E-state index in [1.165, 1.54) is 0 Å². The van der Waals surface area contributed by atoms with Crippen molar-refractivity contribution in [2.45, 2.75) is 13.5 Å². The van der Waals surface area contributed by atoms with Crippen molar-refractivity contribution < 1.29 is 4.79 Å². The van der Waals surface area contributed by atoms with Gasteiger partial charge in [0.2, 0.25) is 0 Å². The number of benzene rings is 1. The molecule has 0 aliphatic rings. The number of nitrogens with one attached hydrogen (secondary N) is 2. The zero-order valence-corrected chi connectivity index (χ0v) is 12.2. The van der Waals surface area contributed by atoms with E-state index in [4.69, 9.17) is 11.6 Å². The molecule has 0 spiro atoms. The third-order valence-corrected chi connectivity index (χ3v) is 3.24. The zero-order valence-electron chi connectivity index (χ0n) is 11.4. The number of aryl methyl sites for hydroxylation is 1. The highest BCUT2D eigenvalue weighted by molar-refractivity contribution is 6.31. The molecule has 5 heteroatoms. The minimum atomic E-state index is -0.146. The highest BCUT2D eigenvalue weighted by Gasteiger charge is 2.08. The number of hydrogen-bond acceptors (Lipinski definition) is 3. The zero-order chi connectivity index (χ0) is 14.5. The Bertz CT molecular complexity index is 628. The van der Waals surface area contributed by atoms with E-state index in [0.29, 0.717) is 22.9 Å². The molecule has 2 rings (SSSR count). The molecular formula is C15H16ClN3O. The lowest BCUT2D eigenvalue weighted by molar-refractivity contribution is 0.0951. The Hall–Kier alpha value is -2.07. The average Bonchev–Trinajstić information content (AvgIpc) is 2.45. The maximum atomic E-state index is 12.1. The summed E-state index contributed by atoms with van der Waals surface area (Å²) in [6.07, 6.45) is 0. The SMILES string of the molecule is CNc1cc(C(=O)NCc2ccccc2Cl)cc(C)n1. The van der Waals surface area contributed by atoms with Gasteiger partial charge in [-0.15, -0.1) is 0 Å². The molecule has 2 N–H and O–H groups in total. The summed E-state index contributed by atoms with van der Waals surface area (Å²) >= 11 is 6.06. The van der Waals surface area contributed by atoms with Crippen LogP contribution in [0.4, 0.5) is 5.82 Å². The first-order valence-corrected chi connectivity index (χ1v) is 6.66. The largest absolute Gasteiger partial charge is 0.373 e. The number of carbonyl (C=O) groups excluding carboxylic acids is 1. The van der Waals surface area contributed by atoms with E-state index in [1.54, 1.807) is 25.2 Å². The molecule has 0 unspecified atom stereocenters. The molecule has 20 heavy (non-hydrogen) atoms. The van der Waals surface area contributed by atoms with Gasteiger partial charge in [0.1, 0.15) is 5.82 Å². The van der Waals surface area contributed by atoms with Gasteiger partial charge in [-0.1, -0.05) is 29.8 Å². The van der Waals surface area contributed by atoms with E-state index in [-0.39, 0.29) is 5.91 Å². The van der Waals surface area contributed by atoms with Crippen LogP contribution in [0.3, 0.4) is 0 Å². The lowest BCUT2D eigenvalue weighted by Crippen LogP contribution is -2.23. The van der Waals surface area contributed by atoms with Crippen LogP contribution in [0.15, 0.2) is 36.4 Å². The number of hydrogen-bond donors (Lipinski definition) is 2. The lowest BCUT2D eigenvalue weighted by Gasteiger charge is -2.09. The van der Waals surface area contributed by atoms with Gasteiger partial charge in [0.25, 0.3) is 5.91 Å². The Kier molecular flexibility index (Phi) is 4.58. The fraction of sp³-hybridized carbons (Fsp3) is 0.200. The first-order chi connectivity index (χ1) is 9.60. The highest BCUT2D eigenvalue weighted by atomic mass is 35.5. The van der Waals surface area contributed by atoms with Gasteiger partial charge < -0.3 is 10.6 Å². The first kappa shape index (κ1) is 14.3. The van der Waals surface area contributed by atoms with E-state index in [1.807, 2.05) is 25.1 Å². The van der Waals surface area contributed by atoms with Crippen molar-refractivity contribution >= 4 is 23.3 Å². The van der Waals surface area contributed by atoms with Gasteiger partial charge in [0, 0.05) is 29.9 Å². The molecule has 0 saturated carbocycles. The topological polar surface area (TPSA) is 54.0 Å². The normalized spacial score (nSPS) is 10.2. The molecule has 1 aromatic carbocycles. The molecule has 1 heterocycles. The van der Waals surface area contributed by atoms with Gasteiger partial charge in [-0.05, 0) is 30.7 Å². The summed E-state index contributed by atoms with van der Waals surface area (Å²) in [6, 6.07) is 10.9. The Morgan fingerprint density at radius 3 is 2.75 bits per heavy atom. The van der Waals surface area contributed by atoms with Crippen LogP contribution in [0, 0.1) is 6.92 Å². The summed E-state index contributed by atoms with van der Waals surface area (Å²) in [7, 11) is 1.77. The van der Waals surface area contributed by atoms with Crippen molar-refractivity contribution in [1.29, 1.82) is 0 Å². The Morgan fingerprint density at radius 1 is 1.30 bits per heavy atom.